The quantitative estimate of drug-likeness (QED) is 0.305. The van der Waals surface area contributed by atoms with Gasteiger partial charge in [0.1, 0.15) is 18.1 Å². The Bertz CT molecular complexity index is 1230. The van der Waals surface area contributed by atoms with E-state index in [1.807, 2.05) is 37.3 Å². The first-order valence-electron chi connectivity index (χ1n) is 10.7. The Morgan fingerprint density at radius 3 is 2.44 bits per heavy atom. The second kappa shape index (κ2) is 10.5. The van der Waals surface area contributed by atoms with E-state index in [0.717, 1.165) is 10.5 Å². The third kappa shape index (κ3) is 5.46. The lowest BCUT2D eigenvalue weighted by atomic mass is 10.1. The lowest BCUT2D eigenvalue weighted by Gasteiger charge is -2.15. The van der Waals surface area contributed by atoms with Crippen LogP contribution in [0.2, 0.25) is 0 Å². The Kier molecular flexibility index (Phi) is 7.27. The number of halogens is 2. The summed E-state index contributed by atoms with van der Waals surface area (Å²) in [5, 5.41) is 2.60. The van der Waals surface area contributed by atoms with Crippen LogP contribution in [0.25, 0.3) is 6.08 Å². The van der Waals surface area contributed by atoms with Crippen molar-refractivity contribution in [2.45, 2.75) is 20.1 Å². The fourth-order valence-corrected chi connectivity index (χ4v) is 4.03. The highest BCUT2D eigenvalue weighted by Gasteiger charge is 2.33. The summed E-state index contributed by atoms with van der Waals surface area (Å²) in [5.41, 5.74) is 2.45. The average Bonchev–Trinajstić information content (AvgIpc) is 3.08. The molecule has 0 spiro atoms. The molecule has 1 N–H and O–H groups in total. The van der Waals surface area contributed by atoms with Crippen LogP contribution in [0.15, 0.2) is 76.9 Å². The average molecular weight is 525 g/mol. The molecule has 174 valence electrons. The van der Waals surface area contributed by atoms with Crippen LogP contribution in [0.3, 0.4) is 0 Å². The number of nitrogens with one attached hydrogen (secondary N) is 1. The maximum atomic E-state index is 13.1. The first-order chi connectivity index (χ1) is 16.4. The molecule has 1 heterocycles. The molecular formula is C26H22BrFN2O4. The lowest BCUT2D eigenvalue weighted by molar-refractivity contribution is -0.123. The van der Waals surface area contributed by atoms with Gasteiger partial charge < -0.3 is 14.8 Å². The highest BCUT2D eigenvalue weighted by atomic mass is 79.9. The van der Waals surface area contributed by atoms with Crippen LogP contribution in [-0.2, 0) is 17.9 Å². The molecular weight excluding hydrogens is 503 g/mol. The molecule has 0 saturated carbocycles. The topological polar surface area (TPSA) is 67.9 Å². The van der Waals surface area contributed by atoms with Crippen molar-refractivity contribution in [2.24, 2.45) is 0 Å². The Hall–Kier alpha value is -3.65. The van der Waals surface area contributed by atoms with Crippen LogP contribution < -0.4 is 14.8 Å². The number of ether oxygens (including phenoxy) is 2. The molecule has 0 atom stereocenters. The second-order valence-corrected chi connectivity index (χ2v) is 8.40. The standard InChI is InChI=1S/C26H22BrFN2O4/c1-2-33-23-14-19(12-21(27)24(23)34-16-18-6-4-3-5-7-18)13-22-25(31)30(26(32)29-22)15-17-8-10-20(28)11-9-17/h3-14H,2,15-16H2,1H3,(H,29,32)/b22-13+. The van der Waals surface area contributed by atoms with E-state index in [-0.39, 0.29) is 18.1 Å². The van der Waals surface area contributed by atoms with Crippen LogP contribution in [0.1, 0.15) is 23.6 Å². The number of hydrogen-bond donors (Lipinski definition) is 1. The molecule has 4 rings (SSSR count). The number of nitrogens with zero attached hydrogens (tertiary/aromatic N) is 1. The molecule has 1 saturated heterocycles. The van der Waals surface area contributed by atoms with Gasteiger partial charge in [-0.1, -0.05) is 42.5 Å². The monoisotopic (exact) mass is 524 g/mol. The SMILES string of the molecule is CCOc1cc(/C=C2/NC(=O)N(Cc3ccc(F)cc3)C2=O)cc(Br)c1OCc1ccccc1. The normalized spacial score (nSPS) is 14.4. The summed E-state index contributed by atoms with van der Waals surface area (Å²) in [6.07, 6.45) is 1.58. The largest absolute Gasteiger partial charge is 0.490 e. The summed E-state index contributed by atoms with van der Waals surface area (Å²) in [6, 6.07) is 18.4. The molecule has 1 fully saturated rings. The third-order valence-electron chi connectivity index (χ3n) is 5.08. The van der Waals surface area contributed by atoms with Crippen molar-refractivity contribution in [3.05, 3.63) is 99.4 Å². The highest BCUT2D eigenvalue weighted by molar-refractivity contribution is 9.10. The van der Waals surface area contributed by atoms with Gasteiger partial charge in [0.2, 0.25) is 0 Å². The predicted octanol–water partition coefficient (Wildman–Crippen LogP) is 5.66. The summed E-state index contributed by atoms with van der Waals surface area (Å²) in [6.45, 7) is 2.71. The van der Waals surface area contributed by atoms with Crippen molar-refractivity contribution < 1.29 is 23.5 Å². The van der Waals surface area contributed by atoms with E-state index in [1.165, 1.54) is 24.3 Å². The van der Waals surface area contributed by atoms with Gasteiger partial charge in [-0.15, -0.1) is 0 Å². The van der Waals surface area contributed by atoms with Gasteiger partial charge in [-0.25, -0.2) is 9.18 Å². The minimum atomic E-state index is -0.535. The summed E-state index contributed by atoms with van der Waals surface area (Å²) in [4.78, 5) is 26.3. The van der Waals surface area contributed by atoms with E-state index < -0.39 is 11.9 Å². The zero-order valence-electron chi connectivity index (χ0n) is 18.4. The number of hydrogen-bond acceptors (Lipinski definition) is 4. The zero-order chi connectivity index (χ0) is 24.1. The van der Waals surface area contributed by atoms with E-state index in [0.29, 0.717) is 40.3 Å². The van der Waals surface area contributed by atoms with Gasteiger partial charge in [-0.2, -0.15) is 0 Å². The molecule has 0 unspecified atom stereocenters. The molecule has 0 aromatic heterocycles. The summed E-state index contributed by atoms with van der Waals surface area (Å²) < 4.78 is 25.6. The summed E-state index contributed by atoms with van der Waals surface area (Å²) in [7, 11) is 0. The molecule has 3 aromatic carbocycles. The van der Waals surface area contributed by atoms with Crippen molar-refractivity contribution in [3.63, 3.8) is 0 Å². The second-order valence-electron chi connectivity index (χ2n) is 7.54. The van der Waals surface area contributed by atoms with Gasteiger partial charge in [-0.05, 0) is 69.9 Å². The maximum Gasteiger partial charge on any atom is 0.329 e. The Morgan fingerprint density at radius 2 is 1.74 bits per heavy atom. The molecule has 34 heavy (non-hydrogen) atoms. The molecule has 0 bridgehead atoms. The van der Waals surface area contributed by atoms with Gasteiger partial charge in [-0.3, -0.25) is 9.69 Å². The Balaban J connectivity index is 1.55. The molecule has 1 aliphatic rings. The van der Waals surface area contributed by atoms with Crippen LogP contribution in [-0.4, -0.2) is 23.4 Å². The van der Waals surface area contributed by atoms with E-state index in [2.05, 4.69) is 21.2 Å². The molecule has 3 aromatic rings. The fourth-order valence-electron chi connectivity index (χ4n) is 3.46. The Morgan fingerprint density at radius 1 is 1.00 bits per heavy atom. The van der Waals surface area contributed by atoms with Crippen molar-refractivity contribution >= 4 is 33.9 Å². The van der Waals surface area contributed by atoms with Crippen LogP contribution in [0.4, 0.5) is 9.18 Å². The fraction of sp³-hybridized carbons (Fsp3) is 0.154. The van der Waals surface area contributed by atoms with Crippen LogP contribution in [0.5, 0.6) is 11.5 Å². The van der Waals surface area contributed by atoms with Crippen molar-refractivity contribution in [1.29, 1.82) is 0 Å². The van der Waals surface area contributed by atoms with E-state index in [1.54, 1.807) is 18.2 Å². The minimum absolute atomic E-state index is 0.0441. The number of carbonyl (C=O) groups excluding carboxylic acids is 2. The van der Waals surface area contributed by atoms with Gasteiger partial charge in [0, 0.05) is 0 Å². The number of amides is 3. The third-order valence-corrected chi connectivity index (χ3v) is 5.67. The van der Waals surface area contributed by atoms with Crippen molar-refractivity contribution in [2.75, 3.05) is 6.61 Å². The van der Waals surface area contributed by atoms with Crippen LogP contribution in [0, 0.1) is 5.82 Å². The maximum absolute atomic E-state index is 13.1. The molecule has 1 aliphatic heterocycles. The van der Waals surface area contributed by atoms with E-state index >= 15 is 0 Å². The van der Waals surface area contributed by atoms with E-state index in [9.17, 15) is 14.0 Å². The molecule has 6 nitrogen and oxygen atoms in total. The summed E-state index contributed by atoms with van der Waals surface area (Å²) >= 11 is 3.53. The molecule has 0 radical (unpaired) electrons. The van der Waals surface area contributed by atoms with E-state index in [4.69, 9.17) is 9.47 Å². The lowest BCUT2D eigenvalue weighted by Crippen LogP contribution is -2.30. The summed E-state index contributed by atoms with van der Waals surface area (Å²) in [5.74, 6) is 0.216. The zero-order valence-corrected chi connectivity index (χ0v) is 20.0. The minimum Gasteiger partial charge on any atom is -0.490 e. The van der Waals surface area contributed by atoms with Gasteiger partial charge in [0.15, 0.2) is 11.5 Å². The highest BCUT2D eigenvalue weighted by Crippen LogP contribution is 2.38. The number of benzene rings is 3. The Labute approximate surface area is 205 Å². The number of imide groups is 1. The molecule has 3 amide bonds. The smallest absolute Gasteiger partial charge is 0.329 e. The van der Waals surface area contributed by atoms with Crippen LogP contribution >= 0.6 is 15.9 Å². The van der Waals surface area contributed by atoms with Crippen molar-refractivity contribution in [3.8, 4) is 11.5 Å². The van der Waals surface area contributed by atoms with Gasteiger partial charge >= 0.3 is 6.03 Å². The van der Waals surface area contributed by atoms with Crippen molar-refractivity contribution in [1.82, 2.24) is 10.2 Å². The first-order valence-corrected chi connectivity index (χ1v) is 11.5. The number of carbonyl (C=O) groups is 2. The van der Waals surface area contributed by atoms with Gasteiger partial charge in [0.05, 0.1) is 17.6 Å². The number of urea groups is 1. The predicted molar refractivity (Wildman–Crippen MR) is 130 cm³/mol. The molecule has 0 aliphatic carbocycles. The number of rotatable bonds is 8. The molecule has 8 heteroatoms. The van der Waals surface area contributed by atoms with Gasteiger partial charge in [0.25, 0.3) is 5.91 Å². The first kappa shape index (κ1) is 23.5.